The number of benzene rings is 1. The molecule has 2 fully saturated rings. The fourth-order valence-corrected chi connectivity index (χ4v) is 4.54. The van der Waals surface area contributed by atoms with Crippen molar-refractivity contribution in [1.82, 2.24) is 9.80 Å². The van der Waals surface area contributed by atoms with Gasteiger partial charge in [0.25, 0.3) is 0 Å². The van der Waals surface area contributed by atoms with Crippen LogP contribution in [0.5, 0.6) is 0 Å². The summed E-state index contributed by atoms with van der Waals surface area (Å²) in [5.74, 6) is -1.45. The van der Waals surface area contributed by atoms with E-state index in [0.29, 0.717) is 25.1 Å². The number of halogens is 1. The van der Waals surface area contributed by atoms with Gasteiger partial charge in [-0.1, -0.05) is 26.0 Å². The van der Waals surface area contributed by atoms with E-state index in [1.165, 1.54) is 25.2 Å². The zero-order valence-corrected chi connectivity index (χ0v) is 17.8. The predicted octanol–water partition coefficient (Wildman–Crippen LogP) is 2.70. The Hall–Kier alpha value is -2.57. The summed E-state index contributed by atoms with van der Waals surface area (Å²) in [4.78, 5) is 53.7. The van der Waals surface area contributed by atoms with Crippen molar-refractivity contribution >= 4 is 23.5 Å². The highest BCUT2D eigenvalue weighted by molar-refractivity contribution is 6.10. The lowest BCUT2D eigenvalue weighted by molar-refractivity contribution is -0.143. The van der Waals surface area contributed by atoms with Crippen LogP contribution in [0.2, 0.25) is 0 Å². The number of Topliss-reactive ketones (excluding diaryl/α,β-unsaturated/α-hetero) is 1. The SMILES string of the molecule is CC(C)CC(=O)[C@H]1CCCN(C(=O)C[C@]2(c3cccc(F)c3)CC(=O)N(C)C2=O)C1. The Morgan fingerprint density at radius 2 is 2.00 bits per heavy atom. The number of imide groups is 1. The van der Waals surface area contributed by atoms with Crippen molar-refractivity contribution in [1.29, 1.82) is 0 Å². The molecule has 30 heavy (non-hydrogen) atoms. The van der Waals surface area contributed by atoms with E-state index in [9.17, 15) is 23.6 Å². The van der Waals surface area contributed by atoms with Crippen LogP contribution in [0.3, 0.4) is 0 Å². The summed E-state index contributed by atoms with van der Waals surface area (Å²) in [7, 11) is 1.39. The Labute approximate surface area is 176 Å². The van der Waals surface area contributed by atoms with E-state index in [-0.39, 0.29) is 42.3 Å². The van der Waals surface area contributed by atoms with Crippen molar-refractivity contribution in [3.63, 3.8) is 0 Å². The van der Waals surface area contributed by atoms with Gasteiger partial charge < -0.3 is 4.90 Å². The number of likely N-dealkylation sites (N-methyl/N-ethyl adjacent to an activating group) is 1. The first kappa shape index (κ1) is 22.1. The van der Waals surface area contributed by atoms with Crippen molar-refractivity contribution in [2.75, 3.05) is 20.1 Å². The number of hydrogen-bond donors (Lipinski definition) is 0. The molecule has 7 heteroatoms. The fourth-order valence-electron chi connectivity index (χ4n) is 4.54. The van der Waals surface area contributed by atoms with Gasteiger partial charge in [0.1, 0.15) is 11.6 Å². The molecule has 0 unspecified atom stereocenters. The van der Waals surface area contributed by atoms with Crippen molar-refractivity contribution in [2.24, 2.45) is 11.8 Å². The molecule has 162 valence electrons. The highest BCUT2D eigenvalue weighted by Crippen LogP contribution is 2.40. The molecule has 2 aliphatic rings. The van der Waals surface area contributed by atoms with Crippen LogP contribution < -0.4 is 0 Å². The van der Waals surface area contributed by atoms with Crippen molar-refractivity contribution < 1.29 is 23.6 Å². The minimum absolute atomic E-state index is 0.161. The van der Waals surface area contributed by atoms with Gasteiger partial charge in [-0.05, 0) is 36.5 Å². The minimum Gasteiger partial charge on any atom is -0.342 e. The summed E-state index contributed by atoms with van der Waals surface area (Å²) in [5.41, 5.74) is -1.07. The molecule has 6 nitrogen and oxygen atoms in total. The maximum Gasteiger partial charge on any atom is 0.240 e. The van der Waals surface area contributed by atoms with Crippen LogP contribution in [0.15, 0.2) is 24.3 Å². The van der Waals surface area contributed by atoms with Gasteiger partial charge in [-0.3, -0.25) is 24.1 Å². The maximum absolute atomic E-state index is 13.9. The van der Waals surface area contributed by atoms with E-state index >= 15 is 0 Å². The molecule has 2 atom stereocenters. The average Bonchev–Trinajstić information content (AvgIpc) is 2.92. The molecule has 2 saturated heterocycles. The molecule has 0 aromatic heterocycles. The van der Waals surface area contributed by atoms with Gasteiger partial charge >= 0.3 is 0 Å². The molecular weight excluding hydrogens is 387 g/mol. The second kappa shape index (κ2) is 8.66. The molecule has 3 amide bonds. The zero-order chi connectivity index (χ0) is 22.1. The Morgan fingerprint density at radius 1 is 1.27 bits per heavy atom. The van der Waals surface area contributed by atoms with Gasteiger partial charge in [0.2, 0.25) is 17.7 Å². The standard InChI is InChI=1S/C23H29FN2O4/c1-15(2)10-19(27)16-6-5-9-26(14-16)21(29)13-23(12-20(28)25(3)22(23)30)17-7-4-8-18(24)11-17/h4,7-8,11,15-16H,5-6,9-10,12-14H2,1-3H3/t16-,23-/m0/s1. The summed E-state index contributed by atoms with van der Waals surface area (Å²) in [6.07, 6.45) is 1.58. The summed E-state index contributed by atoms with van der Waals surface area (Å²) >= 11 is 0. The second-order valence-corrected chi connectivity index (χ2v) is 8.95. The third-order valence-electron chi connectivity index (χ3n) is 6.21. The molecule has 0 bridgehead atoms. The smallest absolute Gasteiger partial charge is 0.240 e. The summed E-state index contributed by atoms with van der Waals surface area (Å²) in [6.45, 7) is 4.83. The van der Waals surface area contributed by atoms with E-state index < -0.39 is 17.1 Å². The van der Waals surface area contributed by atoms with Gasteiger partial charge in [0, 0.05) is 45.3 Å². The monoisotopic (exact) mass is 416 g/mol. The van der Waals surface area contributed by atoms with Gasteiger partial charge in [-0.25, -0.2) is 4.39 Å². The molecule has 3 rings (SSSR count). The third-order valence-corrected chi connectivity index (χ3v) is 6.21. The van der Waals surface area contributed by atoms with E-state index in [4.69, 9.17) is 0 Å². The van der Waals surface area contributed by atoms with Gasteiger partial charge in [0.05, 0.1) is 5.41 Å². The van der Waals surface area contributed by atoms with Crippen LogP contribution >= 0.6 is 0 Å². The molecule has 0 radical (unpaired) electrons. The molecule has 2 aliphatic heterocycles. The van der Waals surface area contributed by atoms with Crippen molar-refractivity contribution in [3.05, 3.63) is 35.6 Å². The number of hydrogen-bond acceptors (Lipinski definition) is 4. The number of nitrogens with zero attached hydrogens (tertiary/aromatic N) is 2. The topological polar surface area (TPSA) is 74.8 Å². The molecule has 2 heterocycles. The minimum atomic E-state index is -1.40. The molecule has 1 aromatic carbocycles. The normalized spacial score (nSPS) is 24.6. The lowest BCUT2D eigenvalue weighted by Crippen LogP contribution is -2.47. The lowest BCUT2D eigenvalue weighted by atomic mass is 9.75. The molecule has 0 N–H and O–H groups in total. The number of carbonyl (C=O) groups is 4. The van der Waals surface area contributed by atoms with Crippen LogP contribution in [0, 0.1) is 17.7 Å². The largest absolute Gasteiger partial charge is 0.342 e. The lowest BCUT2D eigenvalue weighted by Gasteiger charge is -2.35. The molecule has 0 saturated carbocycles. The van der Waals surface area contributed by atoms with Crippen LogP contribution in [0.25, 0.3) is 0 Å². The maximum atomic E-state index is 13.9. The van der Waals surface area contributed by atoms with Gasteiger partial charge in [0.15, 0.2) is 0 Å². The number of ketones is 1. The molecule has 0 spiro atoms. The average molecular weight is 416 g/mol. The Bertz CT molecular complexity index is 869. The fraction of sp³-hybridized carbons (Fsp3) is 0.565. The van der Waals surface area contributed by atoms with Crippen LogP contribution in [-0.4, -0.2) is 53.4 Å². The Kier molecular flexibility index (Phi) is 6.38. The Balaban J connectivity index is 1.83. The number of amides is 3. The summed E-state index contributed by atoms with van der Waals surface area (Å²) in [5, 5.41) is 0. The molecule has 0 aliphatic carbocycles. The predicted molar refractivity (Wildman–Crippen MR) is 109 cm³/mol. The summed E-state index contributed by atoms with van der Waals surface area (Å²) in [6, 6.07) is 5.56. The third kappa shape index (κ3) is 4.30. The first-order chi connectivity index (χ1) is 14.1. The summed E-state index contributed by atoms with van der Waals surface area (Å²) < 4.78 is 13.9. The van der Waals surface area contributed by atoms with Crippen LogP contribution in [0.1, 0.15) is 51.5 Å². The van der Waals surface area contributed by atoms with E-state index in [1.807, 2.05) is 13.8 Å². The highest BCUT2D eigenvalue weighted by Gasteiger charge is 2.53. The van der Waals surface area contributed by atoms with Crippen LogP contribution in [-0.2, 0) is 24.6 Å². The zero-order valence-electron chi connectivity index (χ0n) is 17.8. The Morgan fingerprint density at radius 3 is 2.60 bits per heavy atom. The van der Waals surface area contributed by atoms with E-state index in [0.717, 1.165) is 17.7 Å². The number of likely N-dealkylation sites (tertiary alicyclic amines) is 2. The van der Waals surface area contributed by atoms with E-state index in [2.05, 4.69) is 0 Å². The quantitative estimate of drug-likeness (QED) is 0.669. The first-order valence-corrected chi connectivity index (χ1v) is 10.5. The number of piperidine rings is 1. The first-order valence-electron chi connectivity index (χ1n) is 10.5. The van der Waals surface area contributed by atoms with Crippen molar-refractivity contribution in [2.45, 2.75) is 51.4 Å². The molecule has 1 aromatic rings. The molecular formula is C23H29FN2O4. The number of rotatable bonds is 6. The second-order valence-electron chi connectivity index (χ2n) is 8.95. The van der Waals surface area contributed by atoms with Gasteiger partial charge in [-0.2, -0.15) is 0 Å². The van der Waals surface area contributed by atoms with Crippen molar-refractivity contribution in [3.8, 4) is 0 Å². The highest BCUT2D eigenvalue weighted by atomic mass is 19.1. The van der Waals surface area contributed by atoms with E-state index in [1.54, 1.807) is 11.0 Å². The number of carbonyl (C=O) groups excluding carboxylic acids is 4. The van der Waals surface area contributed by atoms with Gasteiger partial charge in [-0.15, -0.1) is 0 Å². The van der Waals surface area contributed by atoms with Crippen LogP contribution in [0.4, 0.5) is 4.39 Å².